The second-order valence-electron chi connectivity index (χ2n) is 9.00. The third kappa shape index (κ3) is 7.04. The SMILES string of the molecule is CNCCCNc1nc(Nc2ccc3c(c2)CCN(C(=O)CC(C)(C)O)C3)ncc1C(F)(F)F. The van der Waals surface area contributed by atoms with E-state index in [2.05, 4.69) is 25.9 Å². The van der Waals surface area contributed by atoms with E-state index in [4.69, 9.17) is 0 Å². The Balaban J connectivity index is 1.72. The van der Waals surface area contributed by atoms with Gasteiger partial charge in [-0.1, -0.05) is 6.07 Å². The van der Waals surface area contributed by atoms with Gasteiger partial charge in [0, 0.05) is 31.5 Å². The average Bonchev–Trinajstić information content (AvgIpc) is 2.74. The minimum absolute atomic E-state index is 0.0541. The molecule has 2 aromatic rings. The summed E-state index contributed by atoms with van der Waals surface area (Å²) < 4.78 is 40.1. The number of aromatic nitrogens is 2. The first kappa shape index (κ1) is 25.7. The lowest BCUT2D eigenvalue weighted by Crippen LogP contribution is -2.39. The minimum Gasteiger partial charge on any atom is -0.390 e. The Labute approximate surface area is 197 Å². The van der Waals surface area contributed by atoms with Gasteiger partial charge in [0.25, 0.3) is 0 Å². The van der Waals surface area contributed by atoms with E-state index in [1.807, 2.05) is 12.1 Å². The number of halogens is 3. The van der Waals surface area contributed by atoms with E-state index < -0.39 is 17.3 Å². The number of aliphatic hydroxyl groups is 1. The summed E-state index contributed by atoms with van der Waals surface area (Å²) in [7, 11) is 1.78. The first-order chi connectivity index (χ1) is 16.0. The molecule has 1 aliphatic rings. The van der Waals surface area contributed by atoms with Crippen LogP contribution in [0.2, 0.25) is 0 Å². The second-order valence-corrected chi connectivity index (χ2v) is 9.00. The highest BCUT2D eigenvalue weighted by atomic mass is 19.4. The Kier molecular flexibility index (Phi) is 7.98. The Morgan fingerprint density at radius 1 is 1.21 bits per heavy atom. The van der Waals surface area contributed by atoms with Gasteiger partial charge >= 0.3 is 6.18 Å². The fourth-order valence-electron chi connectivity index (χ4n) is 3.71. The van der Waals surface area contributed by atoms with E-state index >= 15 is 0 Å². The molecule has 0 aliphatic carbocycles. The molecule has 1 aromatic heterocycles. The lowest BCUT2D eigenvalue weighted by molar-refractivity contribution is -0.137. The first-order valence-electron chi connectivity index (χ1n) is 11.2. The van der Waals surface area contributed by atoms with Crippen LogP contribution in [0.1, 0.15) is 43.4 Å². The molecule has 8 nitrogen and oxygen atoms in total. The van der Waals surface area contributed by atoms with Gasteiger partial charge in [0.15, 0.2) is 0 Å². The molecule has 0 bridgehead atoms. The molecule has 186 valence electrons. The zero-order valence-corrected chi connectivity index (χ0v) is 19.6. The van der Waals surface area contributed by atoms with Crippen molar-refractivity contribution in [2.75, 3.05) is 37.3 Å². The summed E-state index contributed by atoms with van der Waals surface area (Å²) in [5, 5.41) is 18.6. The molecule has 3 rings (SSSR count). The third-order valence-electron chi connectivity index (χ3n) is 5.40. The number of benzene rings is 1. The van der Waals surface area contributed by atoms with Crippen LogP contribution in [-0.4, -0.2) is 58.2 Å². The summed E-state index contributed by atoms with van der Waals surface area (Å²) in [4.78, 5) is 22.1. The summed E-state index contributed by atoms with van der Waals surface area (Å²) >= 11 is 0. The van der Waals surface area contributed by atoms with Crippen LogP contribution in [0.25, 0.3) is 0 Å². The molecule has 4 N–H and O–H groups in total. The average molecular weight is 481 g/mol. The van der Waals surface area contributed by atoms with Crippen molar-refractivity contribution in [3.05, 3.63) is 41.1 Å². The Morgan fingerprint density at radius 2 is 1.97 bits per heavy atom. The van der Waals surface area contributed by atoms with E-state index in [1.54, 1.807) is 31.9 Å². The number of hydrogen-bond acceptors (Lipinski definition) is 7. The molecular formula is C23H31F3N6O2. The van der Waals surface area contributed by atoms with Crippen molar-refractivity contribution in [3.8, 4) is 0 Å². The van der Waals surface area contributed by atoms with Crippen LogP contribution in [0.5, 0.6) is 0 Å². The maximum absolute atomic E-state index is 13.4. The number of fused-ring (bicyclic) bond motifs is 1. The van der Waals surface area contributed by atoms with Crippen LogP contribution < -0.4 is 16.0 Å². The van der Waals surface area contributed by atoms with Crippen LogP contribution in [0.3, 0.4) is 0 Å². The van der Waals surface area contributed by atoms with Crippen LogP contribution >= 0.6 is 0 Å². The molecule has 11 heteroatoms. The highest BCUT2D eigenvalue weighted by Crippen LogP contribution is 2.34. The fourth-order valence-corrected chi connectivity index (χ4v) is 3.71. The van der Waals surface area contributed by atoms with E-state index in [9.17, 15) is 23.1 Å². The molecule has 0 saturated heterocycles. The third-order valence-corrected chi connectivity index (χ3v) is 5.40. The molecular weight excluding hydrogens is 449 g/mol. The highest BCUT2D eigenvalue weighted by Gasteiger charge is 2.35. The Bertz CT molecular complexity index is 1010. The molecule has 0 fully saturated rings. The number of carbonyl (C=O) groups excluding carboxylic acids is 1. The number of carbonyl (C=O) groups is 1. The summed E-state index contributed by atoms with van der Waals surface area (Å²) in [5.41, 5.74) is 0.698. The first-order valence-corrected chi connectivity index (χ1v) is 11.2. The van der Waals surface area contributed by atoms with Gasteiger partial charge in [-0.3, -0.25) is 4.79 Å². The molecule has 0 radical (unpaired) electrons. The minimum atomic E-state index is -4.57. The fraction of sp³-hybridized carbons (Fsp3) is 0.522. The van der Waals surface area contributed by atoms with E-state index in [0.29, 0.717) is 44.7 Å². The van der Waals surface area contributed by atoms with Gasteiger partial charge in [-0.25, -0.2) is 4.98 Å². The quantitative estimate of drug-likeness (QED) is 0.409. The molecule has 0 saturated carbocycles. The highest BCUT2D eigenvalue weighted by molar-refractivity contribution is 5.77. The van der Waals surface area contributed by atoms with Crippen molar-refractivity contribution in [1.82, 2.24) is 20.2 Å². The normalized spacial score (nSPS) is 14.0. The summed E-state index contributed by atoms with van der Waals surface area (Å²) in [6.07, 6.45) is -2.46. The van der Waals surface area contributed by atoms with Crippen molar-refractivity contribution in [2.24, 2.45) is 0 Å². The molecule has 0 spiro atoms. The number of alkyl halides is 3. The zero-order valence-electron chi connectivity index (χ0n) is 19.6. The second kappa shape index (κ2) is 10.6. The molecule has 0 unspecified atom stereocenters. The number of amides is 1. The smallest absolute Gasteiger partial charge is 0.390 e. The number of anilines is 3. The zero-order chi connectivity index (χ0) is 24.9. The van der Waals surface area contributed by atoms with Crippen LogP contribution in [-0.2, 0) is 23.9 Å². The predicted molar refractivity (Wildman–Crippen MR) is 124 cm³/mol. The molecule has 1 aliphatic heterocycles. The monoisotopic (exact) mass is 480 g/mol. The predicted octanol–water partition coefficient (Wildman–Crippen LogP) is 3.31. The largest absolute Gasteiger partial charge is 0.421 e. The van der Waals surface area contributed by atoms with Crippen LogP contribution in [0.15, 0.2) is 24.4 Å². The van der Waals surface area contributed by atoms with Crippen molar-refractivity contribution in [2.45, 2.75) is 51.4 Å². The summed E-state index contributed by atoms with van der Waals surface area (Å²) in [5.74, 6) is -0.310. The van der Waals surface area contributed by atoms with Crippen molar-refractivity contribution in [3.63, 3.8) is 0 Å². The molecule has 1 aromatic carbocycles. The molecule has 34 heavy (non-hydrogen) atoms. The molecule has 0 atom stereocenters. The standard InChI is InChI=1S/C23H31F3N6O2/c1-22(2,34)12-19(33)32-10-7-15-11-17(6-5-16(15)14-32)30-21-29-13-18(23(24,25)26)20(31-21)28-9-4-8-27-3/h5-6,11,13,27,34H,4,7-10,12,14H2,1-3H3,(H2,28,29,30,31). The van der Waals surface area contributed by atoms with E-state index in [0.717, 1.165) is 17.3 Å². The lowest BCUT2D eigenvalue weighted by Gasteiger charge is -2.31. The maximum Gasteiger partial charge on any atom is 0.421 e. The number of rotatable bonds is 9. The summed E-state index contributed by atoms with van der Waals surface area (Å²) in [6, 6.07) is 5.56. The van der Waals surface area contributed by atoms with Gasteiger partial charge in [0.1, 0.15) is 11.4 Å². The number of hydrogen-bond donors (Lipinski definition) is 4. The Hall–Kier alpha value is -2.92. The maximum atomic E-state index is 13.4. The van der Waals surface area contributed by atoms with Gasteiger partial charge in [-0.2, -0.15) is 18.2 Å². The van der Waals surface area contributed by atoms with Gasteiger partial charge in [0.05, 0.1) is 12.0 Å². The van der Waals surface area contributed by atoms with E-state index in [-0.39, 0.29) is 24.1 Å². The lowest BCUT2D eigenvalue weighted by atomic mass is 9.97. The van der Waals surface area contributed by atoms with Crippen molar-refractivity contribution < 1.29 is 23.1 Å². The Morgan fingerprint density at radius 3 is 2.65 bits per heavy atom. The van der Waals surface area contributed by atoms with Gasteiger partial charge in [0.2, 0.25) is 11.9 Å². The van der Waals surface area contributed by atoms with Gasteiger partial charge in [-0.15, -0.1) is 0 Å². The molecule has 1 amide bonds. The summed E-state index contributed by atoms with van der Waals surface area (Å²) in [6.45, 7) is 5.19. The van der Waals surface area contributed by atoms with Gasteiger partial charge < -0.3 is 26.0 Å². The van der Waals surface area contributed by atoms with Gasteiger partial charge in [-0.05, 0) is 63.5 Å². The van der Waals surface area contributed by atoms with Crippen LogP contribution in [0.4, 0.5) is 30.6 Å². The van der Waals surface area contributed by atoms with Crippen molar-refractivity contribution >= 4 is 23.4 Å². The number of nitrogens with zero attached hydrogens (tertiary/aromatic N) is 3. The topological polar surface area (TPSA) is 102 Å². The van der Waals surface area contributed by atoms with E-state index in [1.165, 1.54) is 0 Å². The molecule has 2 heterocycles. The van der Waals surface area contributed by atoms with Crippen molar-refractivity contribution in [1.29, 1.82) is 0 Å². The number of nitrogens with one attached hydrogen (secondary N) is 3. The van der Waals surface area contributed by atoms with Crippen LogP contribution in [0, 0.1) is 0 Å².